The van der Waals surface area contributed by atoms with Gasteiger partial charge in [-0.1, -0.05) is 12.1 Å². The number of methoxy groups -OCH3 is 1. The first-order chi connectivity index (χ1) is 14.7. The molecule has 0 radical (unpaired) electrons. The van der Waals surface area contributed by atoms with Crippen molar-refractivity contribution in [2.45, 2.75) is 31.9 Å². The normalized spacial score (nSPS) is 23.0. The van der Waals surface area contributed by atoms with Gasteiger partial charge in [0, 0.05) is 25.4 Å². The van der Waals surface area contributed by atoms with Crippen molar-refractivity contribution in [1.82, 2.24) is 15.5 Å². The Labute approximate surface area is 208 Å². The van der Waals surface area contributed by atoms with Crippen molar-refractivity contribution in [1.29, 1.82) is 0 Å². The number of morpholine rings is 1. The third-order valence-electron chi connectivity index (χ3n) is 5.59. The van der Waals surface area contributed by atoms with E-state index in [4.69, 9.17) is 19.2 Å². The zero-order valence-corrected chi connectivity index (χ0v) is 22.0. The number of guanidine groups is 1. The summed E-state index contributed by atoms with van der Waals surface area (Å²) in [4.78, 5) is 7.57. The van der Waals surface area contributed by atoms with Crippen molar-refractivity contribution in [3.63, 3.8) is 0 Å². The summed E-state index contributed by atoms with van der Waals surface area (Å²) in [6.45, 7) is 10.1. The number of benzene rings is 1. The molecule has 0 aliphatic carbocycles. The molecule has 2 unspecified atom stereocenters. The molecule has 9 heteroatoms. The van der Waals surface area contributed by atoms with E-state index < -0.39 is 0 Å². The largest absolute Gasteiger partial charge is 0.493 e. The number of rotatable bonds is 9. The molecule has 2 fully saturated rings. The number of nitrogens with one attached hydrogen (secondary N) is 2. The van der Waals surface area contributed by atoms with Gasteiger partial charge < -0.3 is 24.8 Å². The van der Waals surface area contributed by atoms with E-state index in [0.29, 0.717) is 6.54 Å². The molecule has 0 aromatic heterocycles. The van der Waals surface area contributed by atoms with Gasteiger partial charge in [0.05, 0.1) is 39.0 Å². The fourth-order valence-electron chi connectivity index (χ4n) is 3.89. The molecule has 0 bridgehead atoms. The first-order valence-electron chi connectivity index (χ1n) is 10.9. The Morgan fingerprint density at radius 1 is 1.26 bits per heavy atom. The minimum Gasteiger partial charge on any atom is -0.493 e. The molecule has 2 atom stereocenters. The molecule has 2 saturated heterocycles. The summed E-state index contributed by atoms with van der Waals surface area (Å²) >= 11 is 2.04. The summed E-state index contributed by atoms with van der Waals surface area (Å²) in [5, 5.41) is 6.82. The molecular weight excluding hydrogens is 527 g/mol. The van der Waals surface area contributed by atoms with E-state index in [9.17, 15) is 0 Å². The van der Waals surface area contributed by atoms with Gasteiger partial charge in [0.1, 0.15) is 6.10 Å². The van der Waals surface area contributed by atoms with Crippen molar-refractivity contribution in [2.75, 3.05) is 64.6 Å². The molecule has 2 N–H and O–H groups in total. The molecule has 2 heterocycles. The lowest BCUT2D eigenvalue weighted by molar-refractivity contribution is -0.0104. The van der Waals surface area contributed by atoms with E-state index in [1.165, 1.54) is 12.2 Å². The van der Waals surface area contributed by atoms with Crippen LogP contribution in [0.25, 0.3) is 0 Å². The smallest absolute Gasteiger partial charge is 0.191 e. The lowest BCUT2D eigenvalue weighted by atomic mass is 9.96. The topological polar surface area (TPSA) is 67.4 Å². The molecule has 176 valence electrons. The van der Waals surface area contributed by atoms with Crippen LogP contribution in [0.3, 0.4) is 0 Å². The van der Waals surface area contributed by atoms with Crippen LogP contribution >= 0.6 is 35.7 Å². The molecule has 3 rings (SSSR count). The Hall–Kier alpha value is -0.910. The Morgan fingerprint density at radius 2 is 2.00 bits per heavy atom. The van der Waals surface area contributed by atoms with Gasteiger partial charge in [0.25, 0.3) is 0 Å². The summed E-state index contributed by atoms with van der Waals surface area (Å²) in [6, 6.07) is 7.73. The number of aliphatic imine (C=N–C) groups is 1. The molecule has 2 aliphatic heterocycles. The number of halogens is 1. The number of hydrogen-bond acceptors (Lipinski definition) is 6. The fraction of sp³-hybridized carbons (Fsp3) is 0.682. The minimum absolute atomic E-state index is 0. The summed E-state index contributed by atoms with van der Waals surface area (Å²) in [6.07, 6.45) is 1.16. The second kappa shape index (κ2) is 13.6. The summed E-state index contributed by atoms with van der Waals surface area (Å²) in [7, 11) is 1.66. The van der Waals surface area contributed by atoms with Gasteiger partial charge in [0.2, 0.25) is 0 Å². The predicted molar refractivity (Wildman–Crippen MR) is 140 cm³/mol. The first-order valence-corrected chi connectivity index (χ1v) is 12.0. The second-order valence-corrected chi connectivity index (χ2v) is 8.89. The Bertz CT molecular complexity index is 682. The molecule has 7 nitrogen and oxygen atoms in total. The maximum Gasteiger partial charge on any atom is 0.191 e. The average Bonchev–Trinajstić information content (AvgIpc) is 3.27. The molecule has 1 aromatic rings. The fourth-order valence-corrected chi connectivity index (χ4v) is 5.36. The quantitative estimate of drug-likeness (QED) is 0.272. The van der Waals surface area contributed by atoms with Crippen LogP contribution in [0.1, 0.15) is 20.3 Å². The molecule has 31 heavy (non-hydrogen) atoms. The van der Waals surface area contributed by atoms with Crippen molar-refractivity contribution in [3.05, 3.63) is 24.3 Å². The molecule has 0 amide bonds. The minimum atomic E-state index is -0.0274. The number of thioether (sulfide) groups is 1. The van der Waals surface area contributed by atoms with Crippen LogP contribution in [0.2, 0.25) is 0 Å². The lowest BCUT2D eigenvalue weighted by Gasteiger charge is -2.42. The molecule has 1 aromatic carbocycles. The Morgan fingerprint density at radius 3 is 2.65 bits per heavy atom. The molecule has 0 saturated carbocycles. The van der Waals surface area contributed by atoms with Crippen molar-refractivity contribution < 1.29 is 14.2 Å². The van der Waals surface area contributed by atoms with Crippen LogP contribution < -0.4 is 20.1 Å². The monoisotopic (exact) mass is 564 g/mol. The van der Waals surface area contributed by atoms with Crippen molar-refractivity contribution in [2.24, 2.45) is 4.99 Å². The van der Waals surface area contributed by atoms with Crippen molar-refractivity contribution in [3.8, 4) is 11.5 Å². The highest BCUT2D eigenvalue weighted by Gasteiger charge is 2.40. The zero-order chi connectivity index (χ0) is 21.2. The number of ether oxygens (including phenoxy) is 3. The van der Waals surface area contributed by atoms with Gasteiger partial charge in [-0.2, -0.15) is 11.8 Å². The van der Waals surface area contributed by atoms with Crippen LogP contribution in [0.5, 0.6) is 11.5 Å². The third-order valence-corrected chi connectivity index (χ3v) is 6.83. The number of para-hydroxylation sites is 2. The van der Waals surface area contributed by atoms with E-state index in [1.54, 1.807) is 7.11 Å². The van der Waals surface area contributed by atoms with Gasteiger partial charge in [0.15, 0.2) is 17.5 Å². The van der Waals surface area contributed by atoms with Crippen LogP contribution in [0.15, 0.2) is 29.3 Å². The summed E-state index contributed by atoms with van der Waals surface area (Å²) < 4.78 is 17.0. The maximum absolute atomic E-state index is 6.06. The highest BCUT2D eigenvalue weighted by Crippen LogP contribution is 2.34. The maximum atomic E-state index is 6.06. The highest BCUT2D eigenvalue weighted by molar-refractivity contribution is 14.0. The highest BCUT2D eigenvalue weighted by atomic mass is 127. The molecule has 2 aliphatic rings. The van der Waals surface area contributed by atoms with E-state index in [2.05, 4.69) is 22.5 Å². The standard InChI is InChI=1S/C22H36N4O3S.HI/c1-4-23-21(24-15-18(2)29-20-8-6-5-7-19(20)27-3)25-16-22(9-14-30-17-22)26-10-12-28-13-11-26;/h5-8,18H,4,9-17H2,1-3H3,(H2,23,24,25);1H. The van der Waals surface area contributed by atoms with Gasteiger partial charge >= 0.3 is 0 Å². The van der Waals surface area contributed by atoms with E-state index in [0.717, 1.165) is 62.6 Å². The first kappa shape index (κ1) is 26.3. The second-order valence-electron chi connectivity index (χ2n) is 7.78. The van der Waals surface area contributed by atoms with Crippen molar-refractivity contribution >= 4 is 41.7 Å². The van der Waals surface area contributed by atoms with Gasteiger partial charge in [-0.25, -0.2) is 0 Å². The Kier molecular flexibility index (Phi) is 11.6. The van der Waals surface area contributed by atoms with Crippen LogP contribution in [0, 0.1) is 0 Å². The lowest BCUT2D eigenvalue weighted by Crippen LogP contribution is -2.56. The number of hydrogen-bond donors (Lipinski definition) is 2. The van der Waals surface area contributed by atoms with E-state index >= 15 is 0 Å². The third kappa shape index (κ3) is 7.57. The van der Waals surface area contributed by atoms with Gasteiger partial charge in [-0.3, -0.25) is 9.89 Å². The van der Waals surface area contributed by atoms with Gasteiger partial charge in [-0.15, -0.1) is 24.0 Å². The van der Waals surface area contributed by atoms with Crippen LogP contribution in [-0.4, -0.2) is 87.1 Å². The zero-order valence-electron chi connectivity index (χ0n) is 18.9. The Balaban J connectivity index is 0.00000341. The molecule has 0 spiro atoms. The summed E-state index contributed by atoms with van der Waals surface area (Å²) in [5.41, 5.74) is 0.149. The predicted octanol–water partition coefficient (Wildman–Crippen LogP) is 2.84. The molecular formula is C22H37IN4O3S. The van der Waals surface area contributed by atoms with E-state index in [1.807, 2.05) is 43.0 Å². The summed E-state index contributed by atoms with van der Waals surface area (Å²) in [5.74, 6) is 4.70. The SMILES string of the molecule is CCNC(=NCC1(N2CCOCC2)CCSC1)NCC(C)Oc1ccccc1OC.I. The van der Waals surface area contributed by atoms with Gasteiger partial charge in [-0.05, 0) is 38.2 Å². The number of nitrogens with zero attached hydrogens (tertiary/aromatic N) is 2. The van der Waals surface area contributed by atoms with Crippen LogP contribution in [0.4, 0.5) is 0 Å². The van der Waals surface area contributed by atoms with Crippen LogP contribution in [-0.2, 0) is 4.74 Å². The van der Waals surface area contributed by atoms with E-state index in [-0.39, 0.29) is 35.6 Å². The average molecular weight is 565 g/mol.